The number of ether oxygens (including phenoxy) is 6. The van der Waals surface area contributed by atoms with Gasteiger partial charge in [-0.15, -0.1) is 0 Å². The third-order valence-electron chi connectivity index (χ3n) is 11.7. The molecular formula is C62H121Br2KO9. The Hall–Kier alpha value is 0.356. The minimum atomic E-state index is 0. The molecule has 0 amide bonds. The van der Waals surface area contributed by atoms with Crippen LogP contribution in [0.15, 0.2) is 36.4 Å². The summed E-state index contributed by atoms with van der Waals surface area (Å²) in [6.45, 7) is 14.6. The Bertz CT molecular complexity index is 1280. The molecule has 2 aromatic carbocycles. The summed E-state index contributed by atoms with van der Waals surface area (Å²) in [7, 11) is 0. The fraction of sp³-hybridized carbons (Fsp3) is 0.806. The van der Waals surface area contributed by atoms with Crippen molar-refractivity contribution in [2.75, 3.05) is 72.7 Å². The zero-order valence-corrected chi connectivity index (χ0v) is 52.0. The molecule has 0 fully saturated rings. The second-order valence-corrected chi connectivity index (χ2v) is 19.3. The van der Waals surface area contributed by atoms with Crippen LogP contribution >= 0.6 is 31.9 Å². The molecule has 74 heavy (non-hydrogen) atoms. The molecule has 0 bridgehead atoms. The second kappa shape index (κ2) is 73.4. The number of rotatable bonds is 47. The van der Waals surface area contributed by atoms with Crippen molar-refractivity contribution in [3.05, 3.63) is 58.7 Å². The number of aryl methyl sites for hydroxylation is 1. The van der Waals surface area contributed by atoms with Gasteiger partial charge in [0.1, 0.15) is 11.5 Å². The monoisotopic (exact) mass is 1210 g/mol. The zero-order valence-electron chi connectivity index (χ0n) is 45.7. The predicted octanol–water partition coefficient (Wildman–Crippen LogP) is 16.1. The van der Waals surface area contributed by atoms with E-state index >= 15 is 0 Å². The molecule has 0 atom stereocenters. The number of aliphatic hydroxyl groups excluding tert-OH is 2. The van der Waals surface area contributed by atoms with Gasteiger partial charge in [0.15, 0.2) is 0 Å². The molecule has 0 spiro atoms. The van der Waals surface area contributed by atoms with Crippen LogP contribution < -0.4 is 60.9 Å². The first-order chi connectivity index (χ1) is 33.5. The summed E-state index contributed by atoms with van der Waals surface area (Å²) in [5.74, 6) is 2.00. The first-order valence-corrected chi connectivity index (χ1v) is 29.9. The smallest absolute Gasteiger partial charge is 0.870 e. The third-order valence-corrected chi connectivity index (χ3v) is 13.0. The molecule has 0 saturated carbocycles. The molecule has 0 aromatic heterocycles. The van der Waals surface area contributed by atoms with Gasteiger partial charge in [-0.2, -0.15) is 0 Å². The van der Waals surface area contributed by atoms with Crippen molar-refractivity contribution in [1.82, 2.24) is 0 Å². The van der Waals surface area contributed by atoms with Gasteiger partial charge in [-0.25, -0.2) is 0 Å². The maximum absolute atomic E-state index is 8.36. The van der Waals surface area contributed by atoms with E-state index in [1.807, 2.05) is 6.92 Å². The number of aliphatic hydroxyl groups is 2. The summed E-state index contributed by atoms with van der Waals surface area (Å²) in [4.78, 5) is 0. The van der Waals surface area contributed by atoms with Crippen molar-refractivity contribution in [2.45, 2.75) is 254 Å². The van der Waals surface area contributed by atoms with E-state index in [1.54, 1.807) is 0 Å². The molecule has 0 aliphatic rings. The van der Waals surface area contributed by atoms with Crippen LogP contribution in [-0.4, -0.2) is 88.4 Å². The zero-order chi connectivity index (χ0) is 49.6. The van der Waals surface area contributed by atoms with Crippen molar-refractivity contribution in [3.63, 3.8) is 0 Å². The van der Waals surface area contributed by atoms with Crippen LogP contribution in [0, 0.1) is 6.92 Å². The van der Waals surface area contributed by atoms with E-state index < -0.39 is 0 Å². The van der Waals surface area contributed by atoms with Crippen LogP contribution in [0.5, 0.6) is 11.5 Å². The van der Waals surface area contributed by atoms with Crippen molar-refractivity contribution in [3.8, 4) is 11.5 Å². The van der Waals surface area contributed by atoms with E-state index in [0.29, 0.717) is 46.2 Å². The number of hydrogen-bond acceptors (Lipinski definition) is 9. The van der Waals surface area contributed by atoms with E-state index in [9.17, 15) is 0 Å². The number of unbranched alkanes of at least 4 members (excludes halogenated alkanes) is 26. The maximum atomic E-state index is 8.36. The molecule has 9 nitrogen and oxygen atoms in total. The van der Waals surface area contributed by atoms with Gasteiger partial charge in [0.05, 0.1) is 72.7 Å². The van der Waals surface area contributed by atoms with Crippen LogP contribution in [0.1, 0.15) is 253 Å². The average Bonchev–Trinajstić information content (AvgIpc) is 3.35. The molecule has 0 saturated heterocycles. The fourth-order valence-corrected chi connectivity index (χ4v) is 8.47. The predicted molar refractivity (Wildman–Crippen MR) is 325 cm³/mol. The van der Waals surface area contributed by atoms with Gasteiger partial charge in [0.25, 0.3) is 0 Å². The summed E-state index contributed by atoms with van der Waals surface area (Å²) >= 11 is 7.07. The van der Waals surface area contributed by atoms with Crippen molar-refractivity contribution >= 4 is 31.9 Å². The number of hydrogen-bond donors (Lipinski definition) is 2. The minimum Gasteiger partial charge on any atom is -0.870 e. The van der Waals surface area contributed by atoms with Gasteiger partial charge in [-0.3, -0.25) is 0 Å². The van der Waals surface area contributed by atoms with Crippen molar-refractivity contribution < 1.29 is 95.5 Å². The molecule has 3 N–H and O–H groups in total. The molecule has 0 heterocycles. The summed E-state index contributed by atoms with van der Waals surface area (Å²) in [6, 6.07) is 12.9. The SMILES string of the molecule is C.C.C.C.CCCCCCCCCCCCCCCCOc1cc(C)cc(COCC)c1.CCCCCCCCCCCCCCCCOc1cc(CBr)cc(CBr)c1.OCCOCCOCCOCCO.[K+].[OH-]. The Balaban J connectivity index is -0.000000185. The van der Waals surface area contributed by atoms with Crippen molar-refractivity contribution in [1.29, 1.82) is 0 Å². The van der Waals surface area contributed by atoms with E-state index in [0.717, 1.165) is 48.4 Å². The van der Waals surface area contributed by atoms with Crippen LogP contribution in [0.3, 0.4) is 0 Å². The Kier molecular flexibility index (Phi) is 87.4. The standard InChI is InChI=1S/C26H46O2.C24H40Br2O.C8H18O5.4CH4.K.H2O/c1-4-6-7-8-9-10-11-12-13-14-15-16-17-18-19-28-26-21-24(3)20-25(22-26)23-27-5-2;1-2-3-4-5-6-7-8-9-10-11-12-13-14-15-16-27-24-18-22(20-25)17-23(19-24)21-26;9-1-3-11-5-7-13-8-6-12-4-2-10;;;;;;/h20-22H,4-19,23H2,1-3H3;17-19H,2-16,20-21H2,1H3;9-10H,1-8H2;4*1H4;;1H2/q;;;;;;;+1;/p-1. The summed E-state index contributed by atoms with van der Waals surface area (Å²) < 4.78 is 32.4. The fourth-order valence-electron chi connectivity index (χ4n) is 7.82. The van der Waals surface area contributed by atoms with Gasteiger partial charge in [-0.1, -0.05) is 254 Å². The normalized spacial score (nSPS) is 10.1. The molecule has 0 aliphatic carbocycles. The first-order valence-electron chi connectivity index (χ1n) is 27.6. The van der Waals surface area contributed by atoms with Crippen molar-refractivity contribution in [2.24, 2.45) is 0 Å². The van der Waals surface area contributed by atoms with Crippen LogP contribution in [-0.2, 0) is 36.2 Å². The topological polar surface area (TPSA) is 126 Å². The Morgan fingerprint density at radius 3 is 0.973 bits per heavy atom. The van der Waals surface area contributed by atoms with Crippen LogP contribution in [0.4, 0.5) is 0 Å². The van der Waals surface area contributed by atoms with Gasteiger partial charge in [0, 0.05) is 17.3 Å². The van der Waals surface area contributed by atoms with E-state index in [1.165, 1.54) is 196 Å². The summed E-state index contributed by atoms with van der Waals surface area (Å²) in [5.41, 5.74) is 5.01. The maximum Gasteiger partial charge on any atom is 1.00 e. The van der Waals surface area contributed by atoms with E-state index in [2.05, 4.69) is 89.0 Å². The number of alkyl halides is 2. The van der Waals surface area contributed by atoms with Crippen LogP contribution in [0.2, 0.25) is 0 Å². The minimum absolute atomic E-state index is 0. The quantitative estimate of drug-likeness (QED) is 0.0378. The molecule has 12 heteroatoms. The third kappa shape index (κ3) is 63.2. The molecule has 0 radical (unpaired) electrons. The van der Waals surface area contributed by atoms with Gasteiger partial charge in [0.2, 0.25) is 0 Å². The Morgan fingerprint density at radius 1 is 0.365 bits per heavy atom. The van der Waals surface area contributed by atoms with Gasteiger partial charge >= 0.3 is 51.4 Å². The molecule has 438 valence electrons. The molecule has 2 rings (SSSR count). The van der Waals surface area contributed by atoms with Gasteiger partial charge < -0.3 is 44.1 Å². The Morgan fingerprint density at radius 2 is 0.662 bits per heavy atom. The largest absolute Gasteiger partial charge is 1.00 e. The number of halogens is 2. The van der Waals surface area contributed by atoms with E-state index in [-0.39, 0.29) is 99.8 Å². The molecule has 2 aromatic rings. The summed E-state index contributed by atoms with van der Waals surface area (Å²) in [5, 5.41) is 18.5. The van der Waals surface area contributed by atoms with Gasteiger partial charge in [-0.05, 0) is 73.2 Å². The molecule has 0 unspecified atom stereocenters. The average molecular weight is 1210 g/mol. The second-order valence-electron chi connectivity index (χ2n) is 18.2. The Labute approximate surface area is 519 Å². The van der Waals surface area contributed by atoms with E-state index in [4.69, 9.17) is 38.6 Å². The van der Waals surface area contributed by atoms with Crippen LogP contribution in [0.25, 0.3) is 0 Å². The first kappa shape index (κ1) is 88.2. The summed E-state index contributed by atoms with van der Waals surface area (Å²) in [6.07, 6.45) is 39.0. The molecular weight excluding hydrogens is 1090 g/mol. The molecule has 0 aliphatic heterocycles. The number of benzene rings is 2.